The van der Waals surface area contributed by atoms with Gasteiger partial charge in [0.1, 0.15) is 12.1 Å². The molecule has 0 spiro atoms. The zero-order chi connectivity index (χ0) is 19.3. The number of nitrogens with zero attached hydrogens (tertiary/aromatic N) is 6. The summed E-state index contributed by atoms with van der Waals surface area (Å²) in [6.07, 6.45) is 2.76. The lowest BCUT2D eigenvalue weighted by molar-refractivity contribution is -0.121. The first-order chi connectivity index (χ1) is 13.6. The number of rotatable bonds is 4. The van der Waals surface area contributed by atoms with Gasteiger partial charge in [0.25, 0.3) is 0 Å². The Morgan fingerprint density at radius 3 is 2.79 bits per heavy atom. The molecule has 3 aliphatic rings. The molecule has 2 unspecified atom stereocenters. The third-order valence-electron chi connectivity index (χ3n) is 5.80. The van der Waals surface area contributed by atoms with Gasteiger partial charge in [0.05, 0.1) is 6.54 Å². The molecule has 0 saturated carbocycles. The molecule has 3 fully saturated rings. The number of hydrogen-bond acceptors (Lipinski definition) is 6. The van der Waals surface area contributed by atoms with Crippen molar-refractivity contribution in [3.63, 3.8) is 0 Å². The maximum absolute atomic E-state index is 12.6. The Hall–Kier alpha value is -3.00. The van der Waals surface area contributed by atoms with E-state index in [4.69, 9.17) is 0 Å². The van der Waals surface area contributed by atoms with Crippen LogP contribution < -0.4 is 10.2 Å². The fourth-order valence-electron chi connectivity index (χ4n) is 4.33. The minimum Gasteiger partial charge on any atom is -0.352 e. The number of benzene rings is 1. The second-order valence-corrected chi connectivity index (χ2v) is 7.81. The number of nitrogens with one attached hydrogen (secondary N) is 1. The summed E-state index contributed by atoms with van der Waals surface area (Å²) in [6.45, 7) is 6.29. The van der Waals surface area contributed by atoms with E-state index in [9.17, 15) is 4.79 Å². The van der Waals surface area contributed by atoms with Crippen LogP contribution in [0.15, 0.2) is 36.7 Å². The molecule has 5 heterocycles. The van der Waals surface area contributed by atoms with Crippen LogP contribution in [-0.2, 0) is 4.79 Å². The molecule has 1 amide bonds. The molecule has 0 radical (unpaired) electrons. The van der Waals surface area contributed by atoms with Crippen LogP contribution >= 0.6 is 0 Å². The Morgan fingerprint density at radius 1 is 1.18 bits per heavy atom. The molecular formula is C20H23N7O. The van der Waals surface area contributed by atoms with Gasteiger partial charge in [-0.3, -0.25) is 9.69 Å². The van der Waals surface area contributed by atoms with Crippen molar-refractivity contribution in [3.8, 4) is 0 Å². The van der Waals surface area contributed by atoms with Gasteiger partial charge >= 0.3 is 0 Å². The van der Waals surface area contributed by atoms with Crippen molar-refractivity contribution in [2.24, 2.45) is 0 Å². The minimum atomic E-state index is 0.0548. The van der Waals surface area contributed by atoms with Gasteiger partial charge in [-0.25, -0.2) is 0 Å². The Morgan fingerprint density at radius 2 is 2.00 bits per heavy atom. The van der Waals surface area contributed by atoms with Crippen molar-refractivity contribution in [3.05, 3.63) is 47.8 Å². The van der Waals surface area contributed by atoms with E-state index in [0.29, 0.717) is 18.6 Å². The summed E-state index contributed by atoms with van der Waals surface area (Å²) in [7, 11) is 0. The SMILES string of the molecule is Cc1ccc(NC(=O)CN2C3CC2CN(c2ccc4nncn4n2)C3)c(C)c1. The molecule has 0 aliphatic carbocycles. The molecule has 1 aromatic carbocycles. The third-order valence-corrected chi connectivity index (χ3v) is 5.80. The van der Waals surface area contributed by atoms with Crippen LogP contribution in [0.3, 0.4) is 0 Å². The number of aromatic nitrogens is 4. The normalized spacial score (nSPS) is 21.6. The van der Waals surface area contributed by atoms with E-state index >= 15 is 0 Å². The number of carbonyl (C=O) groups is 1. The van der Waals surface area contributed by atoms with Crippen molar-refractivity contribution in [2.75, 3.05) is 29.9 Å². The predicted molar refractivity (Wildman–Crippen MR) is 106 cm³/mol. The monoisotopic (exact) mass is 377 g/mol. The molecule has 3 saturated heterocycles. The van der Waals surface area contributed by atoms with E-state index in [-0.39, 0.29) is 5.91 Å². The van der Waals surface area contributed by atoms with Gasteiger partial charge < -0.3 is 10.2 Å². The highest BCUT2D eigenvalue weighted by Crippen LogP contribution is 2.33. The van der Waals surface area contributed by atoms with Gasteiger partial charge in [0, 0.05) is 30.9 Å². The molecule has 8 heteroatoms. The van der Waals surface area contributed by atoms with E-state index in [1.54, 1.807) is 10.8 Å². The van der Waals surface area contributed by atoms with Crippen LogP contribution in [0.1, 0.15) is 17.5 Å². The molecule has 8 nitrogen and oxygen atoms in total. The average Bonchev–Trinajstić information content (AvgIpc) is 3.16. The van der Waals surface area contributed by atoms with Crippen molar-refractivity contribution in [1.82, 2.24) is 24.7 Å². The topological polar surface area (TPSA) is 78.7 Å². The Kier molecular flexibility index (Phi) is 4.01. The van der Waals surface area contributed by atoms with Crippen LogP contribution in [0.2, 0.25) is 0 Å². The molecule has 3 aliphatic heterocycles. The highest BCUT2D eigenvalue weighted by Gasteiger charge is 2.45. The lowest BCUT2D eigenvalue weighted by atomic mass is 9.87. The summed E-state index contributed by atoms with van der Waals surface area (Å²) in [5.74, 6) is 0.987. The van der Waals surface area contributed by atoms with Gasteiger partial charge in [0.2, 0.25) is 5.91 Å². The maximum atomic E-state index is 12.6. The molecule has 28 heavy (non-hydrogen) atoms. The Balaban J connectivity index is 1.22. The van der Waals surface area contributed by atoms with Crippen molar-refractivity contribution >= 4 is 23.1 Å². The quantitative estimate of drug-likeness (QED) is 0.745. The minimum absolute atomic E-state index is 0.0548. The van der Waals surface area contributed by atoms with E-state index < -0.39 is 0 Å². The largest absolute Gasteiger partial charge is 0.352 e. The standard InChI is InChI=1S/C20H23N7O/c1-13-3-4-17(14(2)7-13)22-20(28)11-26-15-8-16(26)10-25(9-15)19-6-5-18-23-21-12-27(18)24-19/h3-7,12,15-16H,8-11H2,1-2H3,(H,22,28). The van der Waals surface area contributed by atoms with Crippen molar-refractivity contribution in [1.29, 1.82) is 0 Å². The van der Waals surface area contributed by atoms with Gasteiger partial charge in [-0.2, -0.15) is 4.52 Å². The van der Waals surface area contributed by atoms with Gasteiger partial charge in [-0.05, 0) is 44.0 Å². The van der Waals surface area contributed by atoms with Gasteiger partial charge in [0.15, 0.2) is 5.65 Å². The van der Waals surface area contributed by atoms with Crippen LogP contribution in [0.5, 0.6) is 0 Å². The highest BCUT2D eigenvalue weighted by molar-refractivity contribution is 5.93. The Labute approximate surface area is 163 Å². The van der Waals surface area contributed by atoms with E-state index in [1.807, 2.05) is 31.2 Å². The number of carbonyl (C=O) groups excluding carboxylic acids is 1. The summed E-state index contributed by atoms with van der Waals surface area (Å²) in [5, 5.41) is 15.5. The third kappa shape index (κ3) is 2.99. The summed E-state index contributed by atoms with van der Waals surface area (Å²) < 4.78 is 1.70. The number of anilines is 2. The van der Waals surface area contributed by atoms with Crippen LogP contribution in [-0.4, -0.2) is 62.3 Å². The fraction of sp³-hybridized carbons (Fsp3) is 0.400. The zero-order valence-electron chi connectivity index (χ0n) is 16.0. The molecule has 3 aromatic rings. The number of aryl methyl sites for hydroxylation is 2. The van der Waals surface area contributed by atoms with Gasteiger partial charge in [-0.1, -0.05) is 17.7 Å². The first kappa shape index (κ1) is 17.1. The van der Waals surface area contributed by atoms with Crippen LogP contribution in [0, 0.1) is 13.8 Å². The number of fused-ring (bicyclic) bond motifs is 3. The molecule has 6 rings (SSSR count). The fourth-order valence-corrected chi connectivity index (χ4v) is 4.33. The van der Waals surface area contributed by atoms with E-state index in [1.165, 1.54) is 5.56 Å². The summed E-state index contributed by atoms with van der Waals surface area (Å²) in [4.78, 5) is 17.2. The number of hydrogen-bond donors (Lipinski definition) is 1. The summed E-state index contributed by atoms with van der Waals surface area (Å²) in [6, 6.07) is 10.8. The summed E-state index contributed by atoms with van der Waals surface area (Å²) in [5.41, 5.74) is 3.94. The first-order valence-electron chi connectivity index (χ1n) is 9.62. The van der Waals surface area contributed by atoms with Crippen LogP contribution in [0.25, 0.3) is 5.65 Å². The molecule has 144 valence electrons. The molecular weight excluding hydrogens is 354 g/mol. The Bertz CT molecular complexity index is 1030. The maximum Gasteiger partial charge on any atom is 0.238 e. The molecule has 2 atom stereocenters. The lowest BCUT2D eigenvalue weighted by Crippen LogP contribution is -2.69. The summed E-state index contributed by atoms with van der Waals surface area (Å²) >= 11 is 0. The lowest BCUT2D eigenvalue weighted by Gasteiger charge is -2.56. The second kappa shape index (κ2) is 6.56. The van der Waals surface area contributed by atoms with E-state index in [2.05, 4.69) is 43.4 Å². The highest BCUT2D eigenvalue weighted by atomic mass is 16.2. The van der Waals surface area contributed by atoms with Crippen LogP contribution in [0.4, 0.5) is 11.5 Å². The molecule has 1 N–H and O–H groups in total. The second-order valence-electron chi connectivity index (χ2n) is 7.81. The van der Waals surface area contributed by atoms with Crippen molar-refractivity contribution in [2.45, 2.75) is 32.4 Å². The predicted octanol–water partition coefficient (Wildman–Crippen LogP) is 1.64. The van der Waals surface area contributed by atoms with Crippen molar-refractivity contribution < 1.29 is 4.79 Å². The average molecular weight is 377 g/mol. The number of amides is 1. The van der Waals surface area contributed by atoms with Gasteiger partial charge in [-0.15, -0.1) is 15.3 Å². The number of piperidine rings is 1. The van der Waals surface area contributed by atoms with E-state index in [0.717, 1.165) is 42.2 Å². The zero-order valence-corrected chi connectivity index (χ0v) is 16.0. The molecule has 2 bridgehead atoms. The number of piperazine rings is 1. The first-order valence-corrected chi connectivity index (χ1v) is 9.62. The smallest absolute Gasteiger partial charge is 0.238 e. The molecule has 2 aromatic heterocycles.